The Bertz CT molecular complexity index is 857. The van der Waals surface area contributed by atoms with Crippen molar-refractivity contribution < 1.29 is 19.1 Å². The van der Waals surface area contributed by atoms with Crippen LogP contribution in [0, 0.1) is 5.92 Å². The Morgan fingerprint density at radius 2 is 1.82 bits per heavy atom. The molecule has 1 saturated heterocycles. The monoisotopic (exact) mass is 381 g/mol. The molecule has 1 aliphatic rings. The molecule has 5 nitrogen and oxygen atoms in total. The number of hydrogen-bond donors (Lipinski definition) is 0. The van der Waals surface area contributed by atoms with Gasteiger partial charge in [0.05, 0.1) is 18.7 Å². The second-order valence-corrected chi connectivity index (χ2v) is 7.76. The summed E-state index contributed by atoms with van der Waals surface area (Å²) in [6.45, 7) is 6.81. The lowest BCUT2D eigenvalue weighted by Gasteiger charge is -2.23. The van der Waals surface area contributed by atoms with Crippen molar-refractivity contribution in [3.63, 3.8) is 0 Å². The van der Waals surface area contributed by atoms with Crippen LogP contribution in [-0.2, 0) is 15.0 Å². The molecule has 1 heterocycles. The van der Waals surface area contributed by atoms with E-state index in [1.165, 1.54) is 5.56 Å². The van der Waals surface area contributed by atoms with Gasteiger partial charge in [-0.05, 0) is 41.7 Å². The number of carbonyl (C=O) groups is 2. The molecule has 0 bridgehead atoms. The fourth-order valence-corrected chi connectivity index (χ4v) is 3.33. The first-order chi connectivity index (χ1) is 13.4. The number of benzene rings is 2. The first-order valence-corrected chi connectivity index (χ1v) is 9.61. The van der Waals surface area contributed by atoms with Crippen LogP contribution < -0.4 is 14.4 Å². The molecule has 2 aromatic rings. The topological polar surface area (TPSA) is 55.8 Å². The molecule has 1 atom stereocenters. The first-order valence-electron chi connectivity index (χ1n) is 9.61. The summed E-state index contributed by atoms with van der Waals surface area (Å²) in [4.78, 5) is 26.7. The van der Waals surface area contributed by atoms with Crippen molar-refractivity contribution in [1.82, 2.24) is 0 Å². The molecule has 0 aromatic heterocycles. The van der Waals surface area contributed by atoms with Gasteiger partial charge in [-0.1, -0.05) is 45.0 Å². The van der Waals surface area contributed by atoms with Gasteiger partial charge in [-0.25, -0.2) is 0 Å². The smallest absolute Gasteiger partial charge is 0.316 e. The standard InChI is InChI=1S/C23H27NO4/c1-5-23(2,3)17-10-12-18(13-11-17)28-22(26)16-14-21(25)24(15-16)19-8-6-7-9-20(19)27-4/h6-13,16H,5,14-15H2,1-4H3/t16-/m0/s1. The zero-order chi connectivity index (χ0) is 20.3. The van der Waals surface area contributed by atoms with E-state index < -0.39 is 5.92 Å². The number of para-hydroxylation sites is 2. The van der Waals surface area contributed by atoms with Crippen LogP contribution in [-0.4, -0.2) is 25.5 Å². The third-order valence-electron chi connectivity index (χ3n) is 5.57. The zero-order valence-electron chi connectivity index (χ0n) is 16.9. The third-order valence-corrected chi connectivity index (χ3v) is 5.57. The second kappa shape index (κ2) is 8.05. The van der Waals surface area contributed by atoms with E-state index in [1.807, 2.05) is 42.5 Å². The number of amides is 1. The number of hydrogen-bond acceptors (Lipinski definition) is 4. The molecule has 0 unspecified atom stereocenters. The van der Waals surface area contributed by atoms with Crippen molar-refractivity contribution >= 4 is 17.6 Å². The maximum atomic E-state index is 12.6. The minimum atomic E-state index is -0.496. The predicted octanol–water partition coefficient (Wildman–Crippen LogP) is 4.34. The van der Waals surface area contributed by atoms with E-state index in [9.17, 15) is 9.59 Å². The molecule has 0 saturated carbocycles. The van der Waals surface area contributed by atoms with Gasteiger partial charge in [-0.15, -0.1) is 0 Å². The molecule has 28 heavy (non-hydrogen) atoms. The highest BCUT2D eigenvalue weighted by atomic mass is 16.5. The molecule has 5 heteroatoms. The van der Waals surface area contributed by atoms with Crippen molar-refractivity contribution in [2.75, 3.05) is 18.6 Å². The summed E-state index contributed by atoms with van der Waals surface area (Å²) < 4.78 is 10.9. The fraction of sp³-hybridized carbons (Fsp3) is 0.391. The normalized spacial score (nSPS) is 16.9. The molecule has 2 aromatic carbocycles. The Labute approximate surface area is 166 Å². The quantitative estimate of drug-likeness (QED) is 0.552. The highest BCUT2D eigenvalue weighted by Gasteiger charge is 2.37. The van der Waals surface area contributed by atoms with Gasteiger partial charge in [0.2, 0.25) is 5.91 Å². The molecule has 0 radical (unpaired) electrons. The summed E-state index contributed by atoms with van der Waals surface area (Å²) in [5, 5.41) is 0. The molecule has 0 N–H and O–H groups in total. The summed E-state index contributed by atoms with van der Waals surface area (Å²) in [5.74, 6) is 0.131. The van der Waals surface area contributed by atoms with Crippen LogP contribution >= 0.6 is 0 Å². The highest BCUT2D eigenvalue weighted by Crippen LogP contribution is 2.33. The van der Waals surface area contributed by atoms with E-state index in [1.54, 1.807) is 18.1 Å². The molecule has 148 valence electrons. The number of anilines is 1. The van der Waals surface area contributed by atoms with Gasteiger partial charge in [0.25, 0.3) is 0 Å². The minimum Gasteiger partial charge on any atom is -0.495 e. The van der Waals surface area contributed by atoms with Crippen molar-refractivity contribution in [2.24, 2.45) is 5.92 Å². The number of methoxy groups -OCH3 is 1. The van der Waals surface area contributed by atoms with Crippen molar-refractivity contribution in [2.45, 2.75) is 39.0 Å². The molecule has 1 fully saturated rings. The van der Waals surface area contributed by atoms with Gasteiger partial charge in [0.15, 0.2) is 0 Å². The Morgan fingerprint density at radius 1 is 1.14 bits per heavy atom. The lowest BCUT2D eigenvalue weighted by molar-refractivity contribution is -0.139. The average molecular weight is 381 g/mol. The summed E-state index contributed by atoms with van der Waals surface area (Å²) in [6.07, 6.45) is 1.16. The lowest BCUT2D eigenvalue weighted by atomic mass is 9.82. The van der Waals surface area contributed by atoms with Crippen LogP contribution in [0.25, 0.3) is 0 Å². The predicted molar refractivity (Wildman–Crippen MR) is 109 cm³/mol. The van der Waals surface area contributed by atoms with E-state index in [2.05, 4.69) is 20.8 Å². The fourth-order valence-electron chi connectivity index (χ4n) is 3.33. The molecule has 0 aliphatic carbocycles. The average Bonchev–Trinajstić information content (AvgIpc) is 3.10. The first kappa shape index (κ1) is 19.9. The molecule has 1 aliphatic heterocycles. The summed E-state index contributed by atoms with van der Waals surface area (Å²) in [7, 11) is 1.56. The van der Waals surface area contributed by atoms with E-state index in [-0.39, 0.29) is 23.7 Å². The highest BCUT2D eigenvalue weighted by molar-refractivity contribution is 6.00. The number of rotatable bonds is 6. The summed E-state index contributed by atoms with van der Waals surface area (Å²) in [6, 6.07) is 14.9. The van der Waals surface area contributed by atoms with Gasteiger partial charge in [-0.2, -0.15) is 0 Å². The van der Waals surface area contributed by atoms with Gasteiger partial charge in [-0.3, -0.25) is 9.59 Å². The summed E-state index contributed by atoms with van der Waals surface area (Å²) in [5.41, 5.74) is 1.96. The van der Waals surface area contributed by atoms with Gasteiger partial charge in [0.1, 0.15) is 11.5 Å². The Kier molecular flexibility index (Phi) is 5.73. The SMILES string of the molecule is CCC(C)(C)c1ccc(OC(=O)[C@H]2CC(=O)N(c3ccccc3OC)C2)cc1. The lowest BCUT2D eigenvalue weighted by Crippen LogP contribution is -2.27. The zero-order valence-corrected chi connectivity index (χ0v) is 16.9. The van der Waals surface area contributed by atoms with Crippen molar-refractivity contribution in [3.8, 4) is 11.5 Å². The van der Waals surface area contributed by atoms with Crippen LogP contribution in [0.5, 0.6) is 11.5 Å². The van der Waals surface area contributed by atoms with Crippen LogP contribution in [0.2, 0.25) is 0 Å². The number of carbonyl (C=O) groups excluding carboxylic acids is 2. The van der Waals surface area contributed by atoms with Crippen molar-refractivity contribution in [1.29, 1.82) is 0 Å². The van der Waals surface area contributed by atoms with Gasteiger partial charge >= 0.3 is 5.97 Å². The molecular weight excluding hydrogens is 354 g/mol. The Morgan fingerprint density at radius 3 is 2.46 bits per heavy atom. The van der Waals surface area contributed by atoms with E-state index >= 15 is 0 Å². The maximum absolute atomic E-state index is 12.6. The van der Waals surface area contributed by atoms with E-state index in [0.29, 0.717) is 23.7 Å². The van der Waals surface area contributed by atoms with Crippen LogP contribution in [0.3, 0.4) is 0 Å². The maximum Gasteiger partial charge on any atom is 0.316 e. The number of ether oxygens (including phenoxy) is 2. The Balaban J connectivity index is 1.68. The van der Waals surface area contributed by atoms with Crippen molar-refractivity contribution in [3.05, 3.63) is 54.1 Å². The third kappa shape index (κ3) is 4.03. The van der Waals surface area contributed by atoms with Gasteiger partial charge in [0, 0.05) is 13.0 Å². The van der Waals surface area contributed by atoms with Crippen LogP contribution in [0.15, 0.2) is 48.5 Å². The van der Waals surface area contributed by atoms with Crippen LogP contribution in [0.4, 0.5) is 5.69 Å². The van der Waals surface area contributed by atoms with Gasteiger partial charge < -0.3 is 14.4 Å². The summed E-state index contributed by atoms with van der Waals surface area (Å²) >= 11 is 0. The Hall–Kier alpha value is -2.82. The second-order valence-electron chi connectivity index (χ2n) is 7.76. The molecule has 3 rings (SSSR count). The van der Waals surface area contributed by atoms with E-state index in [0.717, 1.165) is 6.42 Å². The van der Waals surface area contributed by atoms with Crippen LogP contribution in [0.1, 0.15) is 39.2 Å². The molecule has 0 spiro atoms. The largest absolute Gasteiger partial charge is 0.495 e. The van der Waals surface area contributed by atoms with E-state index in [4.69, 9.17) is 9.47 Å². The number of nitrogens with zero attached hydrogens (tertiary/aromatic N) is 1. The minimum absolute atomic E-state index is 0.0790. The molecule has 1 amide bonds. The number of esters is 1. The molecular formula is C23H27NO4.